The molecule has 1 aromatic rings. The minimum absolute atomic E-state index is 0.0344. The molecule has 6 heteroatoms. The second kappa shape index (κ2) is 4.95. The van der Waals surface area contributed by atoms with Crippen LogP contribution in [0.25, 0.3) is 0 Å². The molecule has 0 saturated heterocycles. The molecule has 1 aromatic carbocycles. The molecule has 0 radical (unpaired) electrons. The van der Waals surface area contributed by atoms with Gasteiger partial charge in [-0.05, 0) is 30.7 Å². The van der Waals surface area contributed by atoms with Crippen LogP contribution in [-0.4, -0.2) is 29.6 Å². The summed E-state index contributed by atoms with van der Waals surface area (Å²) in [7, 11) is 0. The van der Waals surface area contributed by atoms with Crippen molar-refractivity contribution in [3.8, 4) is 5.75 Å². The Labute approximate surface area is 104 Å². The maximum Gasteiger partial charge on any atom is 0.251 e. The Hall–Kier alpha value is -2.24. The van der Waals surface area contributed by atoms with E-state index in [2.05, 4.69) is 10.5 Å². The van der Waals surface area contributed by atoms with Crippen molar-refractivity contribution in [1.82, 2.24) is 5.32 Å². The Kier molecular flexibility index (Phi) is 3.36. The van der Waals surface area contributed by atoms with E-state index in [-0.39, 0.29) is 11.7 Å². The molecule has 0 aromatic heterocycles. The lowest BCUT2D eigenvalue weighted by atomic mass is 10.1. The molecule has 6 nitrogen and oxygen atoms in total. The molecule has 0 bridgehead atoms. The highest BCUT2D eigenvalue weighted by molar-refractivity contribution is 5.98. The minimum atomic E-state index is -0.521. The number of hydrogen-bond donors (Lipinski definition) is 3. The van der Waals surface area contributed by atoms with Crippen LogP contribution >= 0.6 is 0 Å². The molecule has 0 fully saturated rings. The highest BCUT2D eigenvalue weighted by Gasteiger charge is 2.17. The summed E-state index contributed by atoms with van der Waals surface area (Å²) < 4.78 is 5.37. The third-order valence-electron chi connectivity index (χ3n) is 2.86. The molecule has 1 aliphatic heterocycles. The number of nitrogens with one attached hydrogen (secondary N) is 1. The number of hydrogen-bond acceptors (Lipinski definition) is 4. The lowest BCUT2D eigenvalue weighted by molar-refractivity contribution is 0.0948. The molecule has 1 amide bonds. The maximum atomic E-state index is 11.9. The van der Waals surface area contributed by atoms with Gasteiger partial charge in [0.25, 0.3) is 5.91 Å². The van der Waals surface area contributed by atoms with Crippen molar-refractivity contribution in [2.75, 3.05) is 6.61 Å². The number of nitrogens with zero attached hydrogens (tertiary/aromatic N) is 1. The molecule has 1 atom stereocenters. The topological polar surface area (TPSA) is 96.9 Å². The summed E-state index contributed by atoms with van der Waals surface area (Å²) in [4.78, 5) is 11.9. The number of amidine groups is 1. The quantitative estimate of drug-likeness (QED) is 0.314. The predicted molar refractivity (Wildman–Crippen MR) is 66.0 cm³/mol. The number of carbonyl (C=O) groups excluding carboxylic acids is 1. The van der Waals surface area contributed by atoms with Gasteiger partial charge in [-0.25, -0.2) is 0 Å². The number of oxime groups is 1. The van der Waals surface area contributed by atoms with Crippen molar-refractivity contribution in [3.63, 3.8) is 0 Å². The highest BCUT2D eigenvalue weighted by atomic mass is 16.5. The maximum absolute atomic E-state index is 11.9. The normalized spacial score (nSPS) is 15.7. The van der Waals surface area contributed by atoms with Crippen molar-refractivity contribution >= 4 is 11.7 Å². The van der Waals surface area contributed by atoms with E-state index in [9.17, 15) is 4.79 Å². The number of ether oxygens (including phenoxy) is 1. The van der Waals surface area contributed by atoms with Crippen molar-refractivity contribution in [3.05, 3.63) is 29.3 Å². The Morgan fingerprint density at radius 2 is 2.39 bits per heavy atom. The van der Waals surface area contributed by atoms with E-state index in [0.717, 1.165) is 17.7 Å². The highest BCUT2D eigenvalue weighted by Crippen LogP contribution is 2.25. The Balaban J connectivity index is 2.10. The molecule has 0 saturated carbocycles. The Morgan fingerprint density at radius 1 is 1.61 bits per heavy atom. The second-order valence-electron chi connectivity index (χ2n) is 4.14. The lowest BCUT2D eigenvalue weighted by Crippen LogP contribution is -2.42. The number of nitrogens with two attached hydrogens (primary N) is 1. The van der Waals surface area contributed by atoms with Gasteiger partial charge >= 0.3 is 0 Å². The lowest BCUT2D eigenvalue weighted by Gasteiger charge is -2.12. The summed E-state index contributed by atoms with van der Waals surface area (Å²) in [6.07, 6.45) is 0.812. The number of amides is 1. The molecule has 1 heterocycles. The van der Waals surface area contributed by atoms with Crippen LogP contribution in [0.5, 0.6) is 5.75 Å². The van der Waals surface area contributed by atoms with E-state index >= 15 is 0 Å². The zero-order valence-electron chi connectivity index (χ0n) is 10.0. The van der Waals surface area contributed by atoms with Gasteiger partial charge in [0.2, 0.25) is 0 Å². The fourth-order valence-electron chi connectivity index (χ4n) is 1.77. The molecule has 0 aliphatic carbocycles. The summed E-state index contributed by atoms with van der Waals surface area (Å²) in [6.45, 7) is 2.30. The first-order chi connectivity index (χ1) is 8.61. The third kappa shape index (κ3) is 2.37. The molecule has 4 N–H and O–H groups in total. The number of rotatable bonds is 3. The average molecular weight is 249 g/mol. The summed E-state index contributed by atoms with van der Waals surface area (Å²) in [5, 5.41) is 14.0. The summed E-state index contributed by atoms with van der Waals surface area (Å²) in [5.74, 6) is 0.535. The monoisotopic (exact) mass is 249 g/mol. The zero-order chi connectivity index (χ0) is 13.1. The van der Waals surface area contributed by atoms with Gasteiger partial charge in [0.15, 0.2) is 5.84 Å². The summed E-state index contributed by atoms with van der Waals surface area (Å²) in [6, 6.07) is 4.76. The van der Waals surface area contributed by atoms with Crippen LogP contribution in [0.3, 0.4) is 0 Å². The van der Waals surface area contributed by atoms with Gasteiger partial charge in [0.1, 0.15) is 5.75 Å². The Morgan fingerprint density at radius 3 is 3.11 bits per heavy atom. The van der Waals surface area contributed by atoms with Crippen LogP contribution in [0.15, 0.2) is 23.4 Å². The largest absolute Gasteiger partial charge is 0.493 e. The van der Waals surface area contributed by atoms with E-state index in [4.69, 9.17) is 15.7 Å². The van der Waals surface area contributed by atoms with Crippen LogP contribution in [0.1, 0.15) is 22.8 Å². The van der Waals surface area contributed by atoms with Crippen molar-refractivity contribution in [1.29, 1.82) is 0 Å². The zero-order valence-corrected chi connectivity index (χ0v) is 10.0. The molecule has 18 heavy (non-hydrogen) atoms. The van der Waals surface area contributed by atoms with Crippen LogP contribution in [0, 0.1) is 0 Å². The fourth-order valence-corrected chi connectivity index (χ4v) is 1.77. The van der Waals surface area contributed by atoms with E-state index in [1.165, 1.54) is 0 Å². The van der Waals surface area contributed by atoms with E-state index in [1.807, 2.05) is 0 Å². The molecule has 1 unspecified atom stereocenters. The first-order valence-electron chi connectivity index (χ1n) is 5.66. The van der Waals surface area contributed by atoms with Crippen molar-refractivity contribution in [2.24, 2.45) is 10.9 Å². The first kappa shape index (κ1) is 12.2. The molecule has 2 rings (SSSR count). The fraction of sp³-hybridized carbons (Fsp3) is 0.333. The summed E-state index contributed by atoms with van der Waals surface area (Å²) in [5.41, 5.74) is 6.96. The van der Waals surface area contributed by atoms with E-state index in [1.54, 1.807) is 25.1 Å². The van der Waals surface area contributed by atoms with Crippen LogP contribution in [0.2, 0.25) is 0 Å². The van der Waals surface area contributed by atoms with Gasteiger partial charge in [-0.15, -0.1) is 0 Å². The number of fused-ring (bicyclic) bond motifs is 1. The molecule has 0 spiro atoms. The number of carbonyl (C=O) groups is 1. The molecular weight excluding hydrogens is 234 g/mol. The van der Waals surface area contributed by atoms with Gasteiger partial charge in [-0.1, -0.05) is 5.16 Å². The minimum Gasteiger partial charge on any atom is -0.493 e. The van der Waals surface area contributed by atoms with Crippen LogP contribution < -0.4 is 15.8 Å². The molecule has 96 valence electrons. The molecular formula is C12H15N3O3. The molecule has 1 aliphatic rings. The summed E-state index contributed by atoms with van der Waals surface area (Å²) >= 11 is 0. The smallest absolute Gasteiger partial charge is 0.251 e. The average Bonchev–Trinajstić information content (AvgIpc) is 2.84. The van der Waals surface area contributed by atoms with Crippen molar-refractivity contribution in [2.45, 2.75) is 19.4 Å². The van der Waals surface area contributed by atoms with Gasteiger partial charge in [-0.3, -0.25) is 4.79 Å². The van der Waals surface area contributed by atoms with Crippen LogP contribution in [-0.2, 0) is 6.42 Å². The standard InChI is InChI=1S/C12H15N3O3/c1-7(11(13)15-17)14-12(16)9-2-3-10-8(6-9)4-5-18-10/h2-3,6-7,17H,4-5H2,1H3,(H2,13,15)(H,14,16). The number of benzene rings is 1. The van der Waals surface area contributed by atoms with Crippen molar-refractivity contribution < 1.29 is 14.7 Å². The van der Waals surface area contributed by atoms with Crippen LogP contribution in [0.4, 0.5) is 0 Å². The van der Waals surface area contributed by atoms with Gasteiger partial charge in [0, 0.05) is 12.0 Å². The van der Waals surface area contributed by atoms with Gasteiger partial charge in [0.05, 0.1) is 12.6 Å². The van der Waals surface area contributed by atoms with Gasteiger partial charge in [-0.2, -0.15) is 0 Å². The predicted octanol–water partition coefficient (Wildman–Crippen LogP) is 0.486. The van der Waals surface area contributed by atoms with E-state index < -0.39 is 6.04 Å². The van der Waals surface area contributed by atoms with Gasteiger partial charge < -0.3 is 21.0 Å². The third-order valence-corrected chi connectivity index (χ3v) is 2.86. The first-order valence-corrected chi connectivity index (χ1v) is 5.66. The Bertz CT molecular complexity index is 499. The second-order valence-corrected chi connectivity index (χ2v) is 4.14. The van der Waals surface area contributed by atoms with E-state index in [0.29, 0.717) is 12.2 Å². The SMILES string of the molecule is CC(NC(=O)c1ccc2c(c1)CCO2)/C(N)=N/O.